The van der Waals surface area contributed by atoms with Crippen molar-refractivity contribution in [1.82, 2.24) is 5.32 Å². The summed E-state index contributed by atoms with van der Waals surface area (Å²) in [5.41, 5.74) is 7.13. The molecule has 1 amide bonds. The Morgan fingerprint density at radius 2 is 2.19 bits per heavy atom. The number of amides is 1. The standard InChI is InChI=1S/C11H14N2O3/c1-7-3-2-4-8(5-7)6-13-10(14)9(12)11(15)16/h2-5,9H,6,12H2,1H3,(H,13,14)(H,15,16). The van der Waals surface area contributed by atoms with Gasteiger partial charge >= 0.3 is 5.97 Å². The van der Waals surface area contributed by atoms with Gasteiger partial charge in [-0.2, -0.15) is 0 Å². The summed E-state index contributed by atoms with van der Waals surface area (Å²) in [6.07, 6.45) is 0. The first-order valence-electron chi connectivity index (χ1n) is 4.82. The molecule has 0 saturated heterocycles. The molecule has 0 heterocycles. The van der Waals surface area contributed by atoms with E-state index in [1.54, 1.807) is 0 Å². The summed E-state index contributed by atoms with van der Waals surface area (Å²) in [4.78, 5) is 21.6. The fourth-order valence-electron chi connectivity index (χ4n) is 1.23. The van der Waals surface area contributed by atoms with E-state index in [0.717, 1.165) is 11.1 Å². The summed E-state index contributed by atoms with van der Waals surface area (Å²) < 4.78 is 0. The first-order chi connectivity index (χ1) is 7.50. The number of benzene rings is 1. The van der Waals surface area contributed by atoms with E-state index < -0.39 is 17.9 Å². The summed E-state index contributed by atoms with van der Waals surface area (Å²) >= 11 is 0. The topological polar surface area (TPSA) is 92.4 Å². The van der Waals surface area contributed by atoms with Crippen LogP contribution in [0.25, 0.3) is 0 Å². The van der Waals surface area contributed by atoms with E-state index in [1.165, 1.54) is 0 Å². The molecule has 0 radical (unpaired) electrons. The third-order valence-corrected chi connectivity index (χ3v) is 2.10. The molecule has 1 aromatic rings. The number of hydrogen-bond acceptors (Lipinski definition) is 3. The van der Waals surface area contributed by atoms with Crippen LogP contribution in [0.1, 0.15) is 11.1 Å². The molecule has 0 aliphatic rings. The Morgan fingerprint density at radius 1 is 1.50 bits per heavy atom. The molecule has 0 fully saturated rings. The zero-order valence-electron chi connectivity index (χ0n) is 8.93. The maximum absolute atomic E-state index is 11.2. The molecule has 0 bridgehead atoms. The van der Waals surface area contributed by atoms with Crippen molar-refractivity contribution in [2.24, 2.45) is 5.73 Å². The van der Waals surface area contributed by atoms with Crippen LogP contribution < -0.4 is 11.1 Å². The molecular formula is C11H14N2O3. The largest absolute Gasteiger partial charge is 0.480 e. The Hall–Kier alpha value is -1.88. The molecular weight excluding hydrogens is 208 g/mol. The molecule has 1 rings (SSSR count). The molecule has 0 aliphatic heterocycles. The third-order valence-electron chi connectivity index (χ3n) is 2.10. The van der Waals surface area contributed by atoms with E-state index in [0.29, 0.717) is 0 Å². The second-order valence-corrected chi connectivity index (χ2v) is 3.52. The van der Waals surface area contributed by atoms with Gasteiger partial charge in [0.1, 0.15) is 0 Å². The SMILES string of the molecule is Cc1cccc(CNC(=O)C(N)C(=O)O)c1. The zero-order chi connectivity index (χ0) is 12.1. The van der Waals surface area contributed by atoms with Crippen molar-refractivity contribution >= 4 is 11.9 Å². The maximum atomic E-state index is 11.2. The van der Waals surface area contributed by atoms with E-state index in [-0.39, 0.29) is 6.54 Å². The van der Waals surface area contributed by atoms with Crippen LogP contribution in [0.2, 0.25) is 0 Å². The summed E-state index contributed by atoms with van der Waals surface area (Å²) in [5, 5.41) is 11.0. The highest BCUT2D eigenvalue weighted by Crippen LogP contribution is 2.03. The summed E-state index contributed by atoms with van der Waals surface area (Å²) in [6.45, 7) is 2.22. The van der Waals surface area contributed by atoms with Gasteiger partial charge in [0.05, 0.1) is 0 Å². The van der Waals surface area contributed by atoms with Crippen molar-refractivity contribution < 1.29 is 14.7 Å². The second-order valence-electron chi connectivity index (χ2n) is 3.52. The van der Waals surface area contributed by atoms with E-state index in [9.17, 15) is 9.59 Å². The van der Waals surface area contributed by atoms with E-state index >= 15 is 0 Å². The van der Waals surface area contributed by atoms with Gasteiger partial charge in [0.2, 0.25) is 5.91 Å². The van der Waals surface area contributed by atoms with Crippen LogP contribution in [0.5, 0.6) is 0 Å². The summed E-state index contributed by atoms with van der Waals surface area (Å²) in [5.74, 6) is -2.02. The maximum Gasteiger partial charge on any atom is 0.330 e. The van der Waals surface area contributed by atoms with Crippen LogP contribution in [0.3, 0.4) is 0 Å². The van der Waals surface area contributed by atoms with Crippen molar-refractivity contribution in [2.45, 2.75) is 19.5 Å². The molecule has 5 nitrogen and oxygen atoms in total. The fourth-order valence-corrected chi connectivity index (χ4v) is 1.23. The zero-order valence-corrected chi connectivity index (χ0v) is 8.93. The number of rotatable bonds is 4. The highest BCUT2D eigenvalue weighted by Gasteiger charge is 2.20. The Bertz CT molecular complexity index is 404. The first kappa shape index (κ1) is 12.2. The molecule has 0 aliphatic carbocycles. The second kappa shape index (κ2) is 5.27. The fraction of sp³-hybridized carbons (Fsp3) is 0.273. The van der Waals surface area contributed by atoms with Crippen molar-refractivity contribution in [3.05, 3.63) is 35.4 Å². The average Bonchev–Trinajstić information content (AvgIpc) is 2.24. The van der Waals surface area contributed by atoms with E-state index in [1.807, 2.05) is 31.2 Å². The van der Waals surface area contributed by atoms with Crippen LogP contribution in [-0.4, -0.2) is 23.0 Å². The number of carboxylic acid groups (broad SMARTS) is 1. The molecule has 1 unspecified atom stereocenters. The van der Waals surface area contributed by atoms with Crippen LogP contribution in [0.15, 0.2) is 24.3 Å². The van der Waals surface area contributed by atoms with Crippen LogP contribution in [-0.2, 0) is 16.1 Å². The molecule has 0 aromatic heterocycles. The monoisotopic (exact) mass is 222 g/mol. The van der Waals surface area contributed by atoms with Crippen LogP contribution >= 0.6 is 0 Å². The van der Waals surface area contributed by atoms with Gasteiger partial charge < -0.3 is 16.2 Å². The molecule has 16 heavy (non-hydrogen) atoms. The minimum absolute atomic E-state index is 0.279. The molecule has 0 spiro atoms. The third kappa shape index (κ3) is 3.36. The van der Waals surface area contributed by atoms with Crippen molar-refractivity contribution in [1.29, 1.82) is 0 Å². The van der Waals surface area contributed by atoms with Gasteiger partial charge in [0, 0.05) is 6.54 Å². The number of carboxylic acids is 1. The van der Waals surface area contributed by atoms with Gasteiger partial charge in [-0.15, -0.1) is 0 Å². The van der Waals surface area contributed by atoms with Gasteiger partial charge in [-0.05, 0) is 12.5 Å². The van der Waals surface area contributed by atoms with E-state index in [4.69, 9.17) is 10.8 Å². The van der Waals surface area contributed by atoms with Crippen molar-refractivity contribution in [3.8, 4) is 0 Å². The lowest BCUT2D eigenvalue weighted by molar-refractivity contribution is -0.142. The number of nitrogens with two attached hydrogens (primary N) is 1. The highest BCUT2D eigenvalue weighted by atomic mass is 16.4. The predicted molar refractivity (Wildman–Crippen MR) is 58.6 cm³/mol. The Morgan fingerprint density at radius 3 is 2.75 bits per heavy atom. The normalized spacial score (nSPS) is 11.9. The Kier molecular flexibility index (Phi) is 4.02. The van der Waals surface area contributed by atoms with Gasteiger partial charge in [-0.3, -0.25) is 4.79 Å². The van der Waals surface area contributed by atoms with Crippen LogP contribution in [0.4, 0.5) is 0 Å². The predicted octanol–water partition coefficient (Wildman–Crippen LogP) is 0.0231. The van der Waals surface area contributed by atoms with Gasteiger partial charge in [-0.25, -0.2) is 4.79 Å². The Labute approximate surface area is 93.3 Å². The van der Waals surface area contributed by atoms with Gasteiger partial charge in [0.15, 0.2) is 6.04 Å². The molecule has 1 atom stereocenters. The number of hydrogen-bond donors (Lipinski definition) is 3. The lowest BCUT2D eigenvalue weighted by Crippen LogP contribution is -2.45. The minimum atomic E-state index is -1.51. The number of carbonyl (C=O) groups excluding carboxylic acids is 1. The minimum Gasteiger partial charge on any atom is -0.480 e. The number of aryl methyl sites for hydroxylation is 1. The molecule has 86 valence electrons. The lowest BCUT2D eigenvalue weighted by Gasteiger charge is -2.08. The number of carbonyl (C=O) groups is 2. The van der Waals surface area contributed by atoms with E-state index in [2.05, 4.69) is 5.32 Å². The molecule has 4 N–H and O–H groups in total. The molecule has 0 saturated carbocycles. The van der Waals surface area contributed by atoms with Crippen molar-refractivity contribution in [3.63, 3.8) is 0 Å². The smallest absolute Gasteiger partial charge is 0.330 e. The Balaban J connectivity index is 2.52. The van der Waals surface area contributed by atoms with Crippen LogP contribution in [0, 0.1) is 6.92 Å². The average molecular weight is 222 g/mol. The lowest BCUT2D eigenvalue weighted by atomic mass is 10.1. The van der Waals surface area contributed by atoms with Gasteiger partial charge in [-0.1, -0.05) is 29.8 Å². The molecule has 5 heteroatoms. The first-order valence-corrected chi connectivity index (χ1v) is 4.82. The highest BCUT2D eigenvalue weighted by molar-refractivity contribution is 6.00. The summed E-state index contributed by atoms with van der Waals surface area (Å²) in [7, 11) is 0. The number of nitrogens with one attached hydrogen (secondary N) is 1. The summed E-state index contributed by atoms with van der Waals surface area (Å²) in [6, 6.07) is 6.05. The molecule has 1 aromatic carbocycles. The number of aliphatic carboxylic acids is 1. The van der Waals surface area contributed by atoms with Crippen molar-refractivity contribution in [2.75, 3.05) is 0 Å². The quantitative estimate of drug-likeness (QED) is 0.626. The van der Waals surface area contributed by atoms with Gasteiger partial charge in [0.25, 0.3) is 0 Å².